The van der Waals surface area contributed by atoms with Crippen LogP contribution in [0, 0.1) is 6.92 Å². The number of aromatic nitrogens is 4. The third kappa shape index (κ3) is 2.29. The number of rotatable bonds is 3. The molecule has 5 nitrogen and oxygen atoms in total. The van der Waals surface area contributed by atoms with Gasteiger partial charge in [0, 0.05) is 7.05 Å². The summed E-state index contributed by atoms with van der Waals surface area (Å²) in [6.07, 6.45) is 1.70. The van der Waals surface area contributed by atoms with Gasteiger partial charge in [-0.15, -0.1) is 22.0 Å². The van der Waals surface area contributed by atoms with Crippen LogP contribution in [0.5, 0.6) is 0 Å². The predicted molar refractivity (Wildman–Crippen MR) is 61.8 cm³/mol. The summed E-state index contributed by atoms with van der Waals surface area (Å²) in [5.41, 5.74) is 6.61. The van der Waals surface area contributed by atoms with Crippen molar-refractivity contribution in [1.29, 1.82) is 0 Å². The minimum Gasteiger partial charge on any atom is -0.375 e. The zero-order valence-electron chi connectivity index (χ0n) is 8.47. The molecule has 2 N–H and O–H groups in total. The van der Waals surface area contributed by atoms with E-state index in [-0.39, 0.29) is 0 Å². The number of hydrogen-bond acceptors (Lipinski definition) is 6. The average Bonchev–Trinajstić information content (AvgIpc) is 2.70. The minimum atomic E-state index is 0.618. The fourth-order valence-electron chi connectivity index (χ4n) is 1.10. The first-order valence-electron chi connectivity index (χ1n) is 4.35. The standard InChI is InChI=1S/C8H11N5S2/c1-5-7(15-8(9)11-5)14-3-6-12-10-4-13(6)2/h4H,3H2,1-2H3,(H2,9,11). The SMILES string of the molecule is Cc1nc(N)sc1SCc1nncn1C. The maximum atomic E-state index is 5.62. The lowest BCUT2D eigenvalue weighted by Crippen LogP contribution is -1.94. The smallest absolute Gasteiger partial charge is 0.181 e. The monoisotopic (exact) mass is 241 g/mol. The molecule has 0 saturated heterocycles. The molecule has 2 aromatic heterocycles. The molecule has 0 aliphatic heterocycles. The molecule has 0 bridgehead atoms. The molecule has 0 saturated carbocycles. The van der Waals surface area contributed by atoms with Crippen LogP contribution in [0.2, 0.25) is 0 Å². The summed E-state index contributed by atoms with van der Waals surface area (Å²) >= 11 is 3.21. The Balaban J connectivity index is 2.05. The highest BCUT2D eigenvalue weighted by Gasteiger charge is 2.08. The van der Waals surface area contributed by atoms with Gasteiger partial charge in [-0.2, -0.15) is 0 Å². The molecule has 2 rings (SSSR count). The second-order valence-corrected chi connectivity index (χ2v) is 5.35. The van der Waals surface area contributed by atoms with Crippen LogP contribution in [0.4, 0.5) is 5.13 Å². The highest BCUT2D eigenvalue weighted by atomic mass is 32.2. The van der Waals surface area contributed by atoms with Crippen LogP contribution in [0.25, 0.3) is 0 Å². The van der Waals surface area contributed by atoms with Crippen molar-refractivity contribution in [1.82, 2.24) is 19.7 Å². The van der Waals surface area contributed by atoms with Gasteiger partial charge >= 0.3 is 0 Å². The van der Waals surface area contributed by atoms with Crippen LogP contribution in [0.3, 0.4) is 0 Å². The third-order valence-electron chi connectivity index (χ3n) is 1.91. The molecule has 0 aromatic carbocycles. The summed E-state index contributed by atoms with van der Waals surface area (Å²) in [6, 6.07) is 0. The van der Waals surface area contributed by atoms with Crippen molar-refractivity contribution in [3.05, 3.63) is 17.8 Å². The van der Waals surface area contributed by atoms with Crippen molar-refractivity contribution in [3.63, 3.8) is 0 Å². The lowest BCUT2D eigenvalue weighted by atomic mass is 10.6. The second kappa shape index (κ2) is 4.19. The third-order valence-corrected chi connectivity index (χ3v) is 4.25. The topological polar surface area (TPSA) is 69.6 Å². The molecule has 0 aliphatic carbocycles. The molecule has 15 heavy (non-hydrogen) atoms. The van der Waals surface area contributed by atoms with Crippen molar-refractivity contribution in [2.24, 2.45) is 7.05 Å². The van der Waals surface area contributed by atoms with Crippen LogP contribution in [0.1, 0.15) is 11.5 Å². The maximum Gasteiger partial charge on any atom is 0.181 e. The van der Waals surface area contributed by atoms with Crippen LogP contribution in [-0.2, 0) is 12.8 Å². The first-order chi connectivity index (χ1) is 7.16. The predicted octanol–water partition coefficient (Wildman–Crippen LogP) is 1.45. The molecule has 0 amide bonds. The molecule has 0 aliphatic rings. The first kappa shape index (κ1) is 10.4. The van der Waals surface area contributed by atoms with Gasteiger partial charge in [-0.3, -0.25) is 0 Å². The van der Waals surface area contributed by atoms with E-state index in [1.54, 1.807) is 18.1 Å². The van der Waals surface area contributed by atoms with Crippen LogP contribution in [0.15, 0.2) is 10.5 Å². The number of thioether (sulfide) groups is 1. The average molecular weight is 241 g/mol. The Morgan fingerprint density at radius 2 is 2.40 bits per heavy atom. The highest BCUT2D eigenvalue weighted by molar-refractivity contribution is 8.00. The molecule has 0 radical (unpaired) electrons. The number of thiazole rings is 1. The number of nitrogen functional groups attached to an aromatic ring is 1. The van der Waals surface area contributed by atoms with E-state index in [2.05, 4.69) is 15.2 Å². The van der Waals surface area contributed by atoms with Gasteiger partial charge in [0.1, 0.15) is 12.2 Å². The van der Waals surface area contributed by atoms with Crippen molar-refractivity contribution in [2.45, 2.75) is 16.9 Å². The van der Waals surface area contributed by atoms with Gasteiger partial charge < -0.3 is 10.3 Å². The van der Waals surface area contributed by atoms with E-state index in [1.165, 1.54) is 11.3 Å². The Hall–Kier alpha value is -1.08. The molecule has 0 spiro atoms. The van der Waals surface area contributed by atoms with Gasteiger partial charge in [0.25, 0.3) is 0 Å². The summed E-state index contributed by atoms with van der Waals surface area (Å²) in [5, 5.41) is 8.46. The van der Waals surface area contributed by atoms with E-state index in [4.69, 9.17) is 5.73 Å². The lowest BCUT2D eigenvalue weighted by Gasteiger charge is -1.98. The van der Waals surface area contributed by atoms with E-state index >= 15 is 0 Å². The fourth-order valence-corrected chi connectivity index (χ4v) is 3.11. The summed E-state index contributed by atoms with van der Waals surface area (Å²) in [5.74, 6) is 1.74. The Labute approximate surface area is 95.7 Å². The van der Waals surface area contributed by atoms with E-state index in [9.17, 15) is 0 Å². The summed E-state index contributed by atoms with van der Waals surface area (Å²) < 4.78 is 3.06. The Kier molecular flexibility index (Phi) is 2.92. The van der Waals surface area contributed by atoms with Crippen molar-refractivity contribution < 1.29 is 0 Å². The molecular weight excluding hydrogens is 230 g/mol. The number of nitrogens with two attached hydrogens (primary N) is 1. The summed E-state index contributed by atoms with van der Waals surface area (Å²) in [6.45, 7) is 1.96. The largest absolute Gasteiger partial charge is 0.375 e. The molecule has 80 valence electrons. The van der Waals surface area contributed by atoms with E-state index in [0.29, 0.717) is 5.13 Å². The molecule has 0 atom stereocenters. The van der Waals surface area contributed by atoms with Crippen molar-refractivity contribution >= 4 is 28.2 Å². The van der Waals surface area contributed by atoms with Crippen molar-refractivity contribution in [2.75, 3.05) is 5.73 Å². The second-order valence-electron chi connectivity index (χ2n) is 3.07. The molecule has 2 aromatic rings. The molecular formula is C8H11N5S2. The maximum absolute atomic E-state index is 5.62. The molecule has 0 unspecified atom stereocenters. The van der Waals surface area contributed by atoms with Crippen LogP contribution < -0.4 is 5.73 Å². The van der Waals surface area contributed by atoms with Gasteiger partial charge in [-0.1, -0.05) is 11.3 Å². The van der Waals surface area contributed by atoms with Gasteiger partial charge in [-0.25, -0.2) is 4.98 Å². The minimum absolute atomic E-state index is 0.618. The molecule has 2 heterocycles. The number of anilines is 1. The quantitative estimate of drug-likeness (QED) is 0.824. The zero-order chi connectivity index (χ0) is 10.8. The fraction of sp³-hybridized carbons (Fsp3) is 0.375. The van der Waals surface area contributed by atoms with Gasteiger partial charge in [0.15, 0.2) is 5.13 Å². The van der Waals surface area contributed by atoms with Crippen LogP contribution >= 0.6 is 23.1 Å². The Morgan fingerprint density at radius 1 is 1.60 bits per heavy atom. The zero-order valence-corrected chi connectivity index (χ0v) is 10.1. The summed E-state index contributed by atoms with van der Waals surface area (Å²) in [7, 11) is 1.93. The van der Waals surface area contributed by atoms with Crippen molar-refractivity contribution in [3.8, 4) is 0 Å². The number of aryl methyl sites for hydroxylation is 2. The number of nitrogens with zero attached hydrogens (tertiary/aromatic N) is 4. The van der Waals surface area contributed by atoms with Gasteiger partial charge in [-0.05, 0) is 6.92 Å². The van der Waals surface area contributed by atoms with Crippen LogP contribution in [-0.4, -0.2) is 19.7 Å². The molecule has 7 heteroatoms. The highest BCUT2D eigenvalue weighted by Crippen LogP contribution is 2.32. The molecule has 0 fully saturated rings. The van der Waals surface area contributed by atoms with E-state index in [1.807, 2.05) is 18.5 Å². The Bertz CT molecular complexity index is 461. The first-order valence-corrected chi connectivity index (χ1v) is 6.15. The Morgan fingerprint density at radius 3 is 2.93 bits per heavy atom. The van der Waals surface area contributed by atoms with E-state index in [0.717, 1.165) is 21.5 Å². The van der Waals surface area contributed by atoms with E-state index < -0.39 is 0 Å². The number of hydrogen-bond donors (Lipinski definition) is 1. The van der Waals surface area contributed by atoms with Gasteiger partial charge in [0.05, 0.1) is 15.7 Å². The van der Waals surface area contributed by atoms with Gasteiger partial charge in [0.2, 0.25) is 0 Å². The summed E-state index contributed by atoms with van der Waals surface area (Å²) in [4.78, 5) is 4.17. The normalized spacial score (nSPS) is 10.8. The lowest BCUT2D eigenvalue weighted by molar-refractivity contribution is 0.849.